The molecule has 1 fully saturated rings. The summed E-state index contributed by atoms with van der Waals surface area (Å²) in [6.07, 6.45) is -1.12. The summed E-state index contributed by atoms with van der Waals surface area (Å²) in [5.41, 5.74) is 0.0732. The highest BCUT2D eigenvalue weighted by molar-refractivity contribution is 5.90. The second kappa shape index (κ2) is 9.51. The Morgan fingerprint density at radius 1 is 0.970 bits per heavy atom. The molecular weight excluding hydrogens is 434 g/mol. The van der Waals surface area contributed by atoms with E-state index in [4.69, 9.17) is 0 Å². The van der Waals surface area contributed by atoms with Crippen LogP contribution in [0.5, 0.6) is 0 Å². The molecule has 9 heteroatoms. The lowest BCUT2D eigenvalue weighted by Crippen LogP contribution is -2.37. The van der Waals surface area contributed by atoms with E-state index in [0.29, 0.717) is 5.95 Å². The van der Waals surface area contributed by atoms with Gasteiger partial charge in [-0.05, 0) is 56.0 Å². The maximum absolute atomic E-state index is 14.0. The Morgan fingerprint density at radius 3 is 2.36 bits per heavy atom. The molecule has 0 atom stereocenters. The van der Waals surface area contributed by atoms with Crippen molar-refractivity contribution in [2.75, 3.05) is 24.3 Å². The number of nitrogens with zero attached hydrogens (tertiary/aromatic N) is 3. The van der Waals surface area contributed by atoms with Gasteiger partial charge < -0.3 is 15.5 Å². The molecule has 0 unspecified atom stereocenters. The van der Waals surface area contributed by atoms with E-state index in [1.165, 1.54) is 0 Å². The van der Waals surface area contributed by atoms with E-state index >= 15 is 0 Å². The van der Waals surface area contributed by atoms with Crippen molar-refractivity contribution in [3.8, 4) is 0 Å². The number of alkyl halides is 3. The second-order valence-corrected chi connectivity index (χ2v) is 8.66. The van der Waals surface area contributed by atoms with Crippen LogP contribution in [0.25, 0.3) is 10.9 Å². The number of nitrogens with one attached hydrogen (secondary N) is 2. The Kier molecular flexibility index (Phi) is 6.69. The first kappa shape index (κ1) is 23.2. The fourth-order valence-corrected chi connectivity index (χ4v) is 4.23. The smallest absolute Gasteiger partial charge is 0.362 e. The number of hydrogen-bond acceptors (Lipinski definition) is 5. The minimum atomic E-state index is -4.48. The van der Waals surface area contributed by atoms with Crippen molar-refractivity contribution < 1.29 is 17.6 Å². The van der Waals surface area contributed by atoms with Gasteiger partial charge in [0.05, 0.1) is 11.1 Å². The monoisotopic (exact) mass is 461 g/mol. The summed E-state index contributed by atoms with van der Waals surface area (Å²) in [6.45, 7) is 0.0680. The zero-order chi connectivity index (χ0) is 23.6. The van der Waals surface area contributed by atoms with Gasteiger partial charge >= 0.3 is 6.18 Å². The largest absolute Gasteiger partial charge is 0.416 e. The first-order chi connectivity index (χ1) is 15.7. The zero-order valence-electron chi connectivity index (χ0n) is 18.6. The third kappa shape index (κ3) is 5.52. The number of halogens is 4. The second-order valence-electron chi connectivity index (χ2n) is 8.66. The predicted octanol–water partition coefficient (Wildman–Crippen LogP) is 5.37. The molecule has 2 N–H and O–H groups in total. The molecule has 176 valence electrons. The van der Waals surface area contributed by atoms with Gasteiger partial charge in [0.2, 0.25) is 5.95 Å². The maximum Gasteiger partial charge on any atom is 0.416 e. The molecular formula is C24H27F4N5. The van der Waals surface area contributed by atoms with Crippen LogP contribution < -0.4 is 15.5 Å². The van der Waals surface area contributed by atoms with E-state index in [1.54, 1.807) is 0 Å². The van der Waals surface area contributed by atoms with E-state index in [0.717, 1.165) is 60.6 Å². The zero-order valence-corrected chi connectivity index (χ0v) is 18.6. The third-order valence-electron chi connectivity index (χ3n) is 6.02. The van der Waals surface area contributed by atoms with Gasteiger partial charge in [-0.15, -0.1) is 0 Å². The number of rotatable bonds is 6. The number of para-hydroxylation sites is 1. The molecule has 1 aromatic heterocycles. The van der Waals surface area contributed by atoms with Crippen molar-refractivity contribution in [3.05, 3.63) is 59.4 Å². The number of aromatic nitrogens is 2. The molecule has 0 spiro atoms. The van der Waals surface area contributed by atoms with Crippen LogP contribution >= 0.6 is 0 Å². The van der Waals surface area contributed by atoms with Crippen molar-refractivity contribution in [2.45, 2.75) is 50.5 Å². The van der Waals surface area contributed by atoms with Crippen LogP contribution in [0.1, 0.15) is 36.8 Å². The lowest BCUT2D eigenvalue weighted by molar-refractivity contribution is -0.137. The van der Waals surface area contributed by atoms with Crippen LogP contribution in [0, 0.1) is 5.82 Å². The van der Waals surface area contributed by atoms with Gasteiger partial charge in [-0.2, -0.15) is 18.2 Å². The molecule has 33 heavy (non-hydrogen) atoms. The lowest BCUT2D eigenvalue weighted by atomic mass is 9.91. The maximum atomic E-state index is 14.0. The van der Waals surface area contributed by atoms with Crippen LogP contribution in [-0.2, 0) is 12.7 Å². The molecule has 0 aliphatic heterocycles. The van der Waals surface area contributed by atoms with E-state index in [2.05, 4.69) is 20.6 Å². The van der Waals surface area contributed by atoms with Crippen LogP contribution in [0.2, 0.25) is 0 Å². The Labute approximate surface area is 190 Å². The molecule has 1 saturated carbocycles. The van der Waals surface area contributed by atoms with Crippen molar-refractivity contribution in [3.63, 3.8) is 0 Å². The normalized spacial score (nSPS) is 19.0. The number of anilines is 2. The SMILES string of the molecule is CN(C)c1nc(NC2CCC(NCc3cc(C(F)(F)F)ccc3F)CC2)nc2ccccc12. The number of fused-ring (bicyclic) bond motifs is 1. The minimum absolute atomic E-state index is 0.0332. The fraction of sp³-hybridized carbons (Fsp3) is 0.417. The number of benzene rings is 2. The van der Waals surface area contributed by atoms with E-state index in [9.17, 15) is 17.6 Å². The lowest BCUT2D eigenvalue weighted by Gasteiger charge is -2.30. The highest BCUT2D eigenvalue weighted by Crippen LogP contribution is 2.31. The molecule has 0 saturated heterocycles. The molecule has 0 amide bonds. The van der Waals surface area contributed by atoms with Gasteiger partial charge in [0.25, 0.3) is 0 Å². The summed E-state index contributed by atoms with van der Waals surface area (Å²) in [6, 6.07) is 10.7. The van der Waals surface area contributed by atoms with Crippen molar-refractivity contribution >= 4 is 22.7 Å². The Hall–Kier alpha value is -2.94. The molecule has 1 heterocycles. The molecule has 0 bridgehead atoms. The summed E-state index contributed by atoms with van der Waals surface area (Å²) in [7, 11) is 3.89. The van der Waals surface area contributed by atoms with Crippen molar-refractivity contribution in [1.82, 2.24) is 15.3 Å². The Balaban J connectivity index is 1.35. The Morgan fingerprint density at radius 2 is 1.67 bits per heavy atom. The summed E-state index contributed by atoms with van der Waals surface area (Å²) in [5, 5.41) is 7.64. The number of hydrogen-bond donors (Lipinski definition) is 2. The van der Waals surface area contributed by atoms with Crippen molar-refractivity contribution in [1.29, 1.82) is 0 Å². The van der Waals surface area contributed by atoms with Gasteiger partial charge in [0.1, 0.15) is 11.6 Å². The van der Waals surface area contributed by atoms with Gasteiger partial charge in [-0.1, -0.05) is 12.1 Å². The van der Waals surface area contributed by atoms with Crippen LogP contribution in [-0.4, -0.2) is 36.1 Å². The highest BCUT2D eigenvalue weighted by Gasteiger charge is 2.31. The van der Waals surface area contributed by atoms with Crippen LogP contribution in [0.4, 0.5) is 29.3 Å². The van der Waals surface area contributed by atoms with Gasteiger partial charge in [0, 0.05) is 43.7 Å². The predicted molar refractivity (Wildman–Crippen MR) is 122 cm³/mol. The van der Waals surface area contributed by atoms with Crippen molar-refractivity contribution in [2.24, 2.45) is 0 Å². The molecule has 4 rings (SSSR count). The third-order valence-corrected chi connectivity index (χ3v) is 6.02. The quantitative estimate of drug-likeness (QED) is 0.484. The minimum Gasteiger partial charge on any atom is -0.362 e. The Bertz CT molecular complexity index is 1110. The average Bonchev–Trinajstić information content (AvgIpc) is 2.78. The molecule has 1 aliphatic carbocycles. The standard InChI is InChI=1S/C24H27F4N5/c1-33(2)22-19-5-3-4-6-21(19)31-23(32-22)30-18-10-8-17(9-11-18)29-14-15-13-16(24(26,27)28)7-12-20(15)25/h3-7,12-13,17-18,29H,8-11,14H2,1-2H3,(H,30,31,32). The van der Waals surface area contributed by atoms with Gasteiger partial charge in [-0.3, -0.25) is 0 Å². The summed E-state index contributed by atoms with van der Waals surface area (Å²) in [4.78, 5) is 11.3. The first-order valence-electron chi connectivity index (χ1n) is 11.0. The van der Waals surface area contributed by atoms with Gasteiger partial charge in [0.15, 0.2) is 0 Å². The van der Waals surface area contributed by atoms with E-state index < -0.39 is 17.6 Å². The van der Waals surface area contributed by atoms with Crippen LogP contribution in [0.3, 0.4) is 0 Å². The molecule has 2 aromatic carbocycles. The summed E-state index contributed by atoms with van der Waals surface area (Å²) < 4.78 is 52.7. The van der Waals surface area contributed by atoms with Gasteiger partial charge in [-0.25, -0.2) is 9.37 Å². The summed E-state index contributed by atoms with van der Waals surface area (Å²) in [5.74, 6) is 0.803. The van der Waals surface area contributed by atoms with E-state index in [1.807, 2.05) is 43.3 Å². The fourth-order valence-electron chi connectivity index (χ4n) is 4.23. The average molecular weight is 462 g/mol. The first-order valence-corrected chi connectivity index (χ1v) is 11.0. The molecule has 3 aromatic rings. The van der Waals surface area contributed by atoms with E-state index in [-0.39, 0.29) is 24.2 Å². The van der Waals surface area contributed by atoms with Crippen LogP contribution in [0.15, 0.2) is 42.5 Å². The topological polar surface area (TPSA) is 53.1 Å². The molecule has 5 nitrogen and oxygen atoms in total. The molecule has 1 aliphatic rings. The summed E-state index contributed by atoms with van der Waals surface area (Å²) >= 11 is 0. The molecule has 0 radical (unpaired) electrons. The highest BCUT2D eigenvalue weighted by atomic mass is 19.4.